The van der Waals surface area contributed by atoms with Crippen molar-refractivity contribution in [2.75, 3.05) is 26.7 Å². The van der Waals surface area contributed by atoms with Crippen molar-refractivity contribution in [3.63, 3.8) is 0 Å². The van der Waals surface area contributed by atoms with Crippen molar-refractivity contribution in [3.05, 3.63) is 34.9 Å². The van der Waals surface area contributed by atoms with Crippen LogP contribution in [-0.2, 0) is 0 Å². The van der Waals surface area contributed by atoms with Crippen molar-refractivity contribution in [1.29, 1.82) is 0 Å². The Morgan fingerprint density at radius 2 is 2.25 bits per heavy atom. The fraction of sp³-hybridized carbons (Fsp3) is 0.538. The third kappa shape index (κ3) is 2.97. The number of nitrogens with one attached hydrogen (secondary N) is 1. The number of likely N-dealkylation sites (N-methyl/N-ethyl adjacent to an activating group) is 1. The lowest BCUT2D eigenvalue weighted by atomic mass is 10.0. The van der Waals surface area contributed by atoms with Gasteiger partial charge in [0.25, 0.3) is 0 Å². The Kier molecular flexibility index (Phi) is 3.85. The molecule has 0 aromatic heterocycles. The lowest BCUT2D eigenvalue weighted by Gasteiger charge is -2.37. The molecule has 88 valence electrons. The Morgan fingerprint density at radius 1 is 1.50 bits per heavy atom. The largest absolute Gasteiger partial charge is 0.311 e. The maximum absolute atomic E-state index is 5.98. The van der Waals surface area contributed by atoms with Gasteiger partial charge in [-0.2, -0.15) is 0 Å². The van der Waals surface area contributed by atoms with Crippen LogP contribution in [0.5, 0.6) is 0 Å². The molecule has 0 bridgehead atoms. The molecule has 2 rings (SSSR count). The summed E-state index contributed by atoms with van der Waals surface area (Å²) in [6, 6.07) is 8.81. The number of benzene rings is 1. The van der Waals surface area contributed by atoms with Crippen LogP contribution in [0, 0.1) is 0 Å². The predicted molar refractivity (Wildman–Crippen MR) is 69.2 cm³/mol. The molecule has 1 heterocycles. The second kappa shape index (κ2) is 5.17. The molecule has 1 fully saturated rings. The van der Waals surface area contributed by atoms with E-state index in [9.17, 15) is 0 Å². The minimum absolute atomic E-state index is 0.518. The molecule has 2 nitrogen and oxygen atoms in total. The minimum Gasteiger partial charge on any atom is -0.311 e. The van der Waals surface area contributed by atoms with Crippen LogP contribution in [0.25, 0.3) is 0 Å². The molecule has 1 aromatic rings. The highest BCUT2D eigenvalue weighted by Crippen LogP contribution is 2.19. The first-order valence-electron chi connectivity index (χ1n) is 5.82. The fourth-order valence-electron chi connectivity index (χ4n) is 2.10. The summed E-state index contributed by atoms with van der Waals surface area (Å²) in [7, 11) is 2.15. The first-order chi connectivity index (χ1) is 7.65. The third-order valence-corrected chi connectivity index (χ3v) is 3.43. The molecule has 0 aliphatic carbocycles. The van der Waals surface area contributed by atoms with E-state index in [1.807, 2.05) is 12.1 Å². The second-order valence-electron chi connectivity index (χ2n) is 4.78. The van der Waals surface area contributed by atoms with E-state index in [4.69, 9.17) is 11.6 Å². The predicted octanol–water partition coefficient (Wildman–Crippen LogP) is 2.35. The number of hydrogen-bond donors (Lipinski definition) is 1. The van der Waals surface area contributed by atoms with E-state index in [-0.39, 0.29) is 0 Å². The lowest BCUT2D eigenvalue weighted by molar-refractivity contribution is 0.161. The monoisotopic (exact) mass is 238 g/mol. The molecular formula is C13H19ClN2. The summed E-state index contributed by atoms with van der Waals surface area (Å²) >= 11 is 5.98. The summed E-state index contributed by atoms with van der Waals surface area (Å²) in [5.74, 6) is 0.518. The molecule has 1 aliphatic heterocycles. The van der Waals surface area contributed by atoms with Crippen LogP contribution in [-0.4, -0.2) is 37.6 Å². The number of hydrogen-bond acceptors (Lipinski definition) is 2. The van der Waals surface area contributed by atoms with E-state index in [1.54, 1.807) is 0 Å². The molecular weight excluding hydrogens is 220 g/mol. The van der Waals surface area contributed by atoms with E-state index in [0.29, 0.717) is 12.0 Å². The van der Waals surface area contributed by atoms with Crippen molar-refractivity contribution in [2.24, 2.45) is 0 Å². The van der Waals surface area contributed by atoms with Crippen LogP contribution < -0.4 is 5.32 Å². The van der Waals surface area contributed by atoms with Gasteiger partial charge in [-0.3, -0.25) is 0 Å². The highest BCUT2D eigenvalue weighted by Gasteiger charge is 2.22. The molecule has 1 aromatic carbocycles. The van der Waals surface area contributed by atoms with Crippen molar-refractivity contribution >= 4 is 11.6 Å². The van der Waals surface area contributed by atoms with E-state index in [2.05, 4.69) is 36.3 Å². The Morgan fingerprint density at radius 3 is 2.88 bits per heavy atom. The van der Waals surface area contributed by atoms with Crippen molar-refractivity contribution < 1.29 is 0 Å². The van der Waals surface area contributed by atoms with Crippen LogP contribution in [0.15, 0.2) is 24.3 Å². The van der Waals surface area contributed by atoms with Crippen LogP contribution in [0.3, 0.4) is 0 Å². The Hall–Kier alpha value is -0.570. The molecule has 1 saturated heterocycles. The average molecular weight is 239 g/mol. The zero-order valence-electron chi connectivity index (χ0n) is 9.91. The van der Waals surface area contributed by atoms with Gasteiger partial charge in [0.1, 0.15) is 0 Å². The van der Waals surface area contributed by atoms with Gasteiger partial charge in [-0.05, 0) is 30.7 Å². The second-order valence-corrected chi connectivity index (χ2v) is 5.22. The molecule has 0 amide bonds. The number of likely N-dealkylation sites (tertiary alicyclic amines) is 1. The van der Waals surface area contributed by atoms with Crippen LogP contribution in [0.2, 0.25) is 5.02 Å². The summed E-state index contributed by atoms with van der Waals surface area (Å²) in [4.78, 5) is 2.32. The molecule has 0 saturated carbocycles. The average Bonchev–Trinajstić information content (AvgIpc) is 2.22. The van der Waals surface area contributed by atoms with Crippen LogP contribution >= 0.6 is 11.6 Å². The number of rotatable bonds is 4. The van der Waals surface area contributed by atoms with Gasteiger partial charge in [-0.15, -0.1) is 0 Å². The Labute approximate surface area is 103 Å². The SMILES string of the molecule is CC(CNC1CN(C)C1)c1cccc(Cl)c1. The van der Waals surface area contributed by atoms with Gasteiger partial charge < -0.3 is 10.2 Å². The van der Waals surface area contributed by atoms with Gasteiger partial charge >= 0.3 is 0 Å². The zero-order valence-corrected chi connectivity index (χ0v) is 10.7. The van der Waals surface area contributed by atoms with E-state index in [1.165, 1.54) is 18.7 Å². The van der Waals surface area contributed by atoms with Crippen molar-refractivity contribution in [3.8, 4) is 0 Å². The molecule has 3 heteroatoms. The van der Waals surface area contributed by atoms with Gasteiger partial charge in [0.15, 0.2) is 0 Å². The first-order valence-corrected chi connectivity index (χ1v) is 6.20. The maximum Gasteiger partial charge on any atom is 0.0408 e. The standard InChI is InChI=1S/C13H19ClN2/c1-10(7-15-13-8-16(2)9-13)11-4-3-5-12(14)6-11/h3-6,10,13,15H,7-9H2,1-2H3. The van der Waals surface area contributed by atoms with Gasteiger partial charge in [0, 0.05) is 30.7 Å². The van der Waals surface area contributed by atoms with Crippen LogP contribution in [0.4, 0.5) is 0 Å². The normalized spacial score (nSPS) is 19.4. The molecule has 1 N–H and O–H groups in total. The van der Waals surface area contributed by atoms with Gasteiger partial charge in [-0.1, -0.05) is 30.7 Å². The summed E-state index contributed by atoms with van der Waals surface area (Å²) in [5.41, 5.74) is 1.31. The third-order valence-electron chi connectivity index (χ3n) is 3.19. The first kappa shape index (κ1) is 11.9. The molecule has 1 unspecified atom stereocenters. The van der Waals surface area contributed by atoms with Gasteiger partial charge in [-0.25, -0.2) is 0 Å². The minimum atomic E-state index is 0.518. The molecule has 0 spiro atoms. The smallest absolute Gasteiger partial charge is 0.0408 e. The molecule has 1 atom stereocenters. The summed E-state index contributed by atoms with van der Waals surface area (Å²) in [6.45, 7) is 5.60. The topological polar surface area (TPSA) is 15.3 Å². The van der Waals surface area contributed by atoms with Crippen molar-refractivity contribution in [2.45, 2.75) is 18.9 Å². The number of nitrogens with zero attached hydrogens (tertiary/aromatic N) is 1. The summed E-state index contributed by atoms with van der Waals surface area (Å²) < 4.78 is 0. The van der Waals surface area contributed by atoms with Gasteiger partial charge in [0.05, 0.1) is 0 Å². The maximum atomic E-state index is 5.98. The molecule has 16 heavy (non-hydrogen) atoms. The van der Waals surface area contributed by atoms with E-state index in [0.717, 1.165) is 11.6 Å². The Balaban J connectivity index is 1.81. The summed E-state index contributed by atoms with van der Waals surface area (Å²) in [5, 5.41) is 4.41. The number of halogens is 1. The van der Waals surface area contributed by atoms with Crippen molar-refractivity contribution in [1.82, 2.24) is 10.2 Å². The fourth-order valence-corrected chi connectivity index (χ4v) is 2.30. The van der Waals surface area contributed by atoms with Crippen LogP contribution in [0.1, 0.15) is 18.4 Å². The molecule has 1 aliphatic rings. The van der Waals surface area contributed by atoms with E-state index < -0.39 is 0 Å². The highest BCUT2D eigenvalue weighted by atomic mass is 35.5. The lowest BCUT2D eigenvalue weighted by Crippen LogP contribution is -2.56. The Bertz CT molecular complexity index is 348. The molecule has 0 radical (unpaired) electrons. The van der Waals surface area contributed by atoms with Gasteiger partial charge in [0.2, 0.25) is 0 Å². The quantitative estimate of drug-likeness (QED) is 0.867. The van der Waals surface area contributed by atoms with E-state index >= 15 is 0 Å². The highest BCUT2D eigenvalue weighted by molar-refractivity contribution is 6.30. The zero-order chi connectivity index (χ0) is 11.5. The summed E-state index contributed by atoms with van der Waals surface area (Å²) in [6.07, 6.45) is 0.